The average molecular weight is 360 g/mol. The van der Waals surface area contributed by atoms with Gasteiger partial charge in [0.15, 0.2) is 5.96 Å². The second-order valence-corrected chi connectivity index (χ2v) is 6.25. The quantitative estimate of drug-likeness (QED) is 0.471. The molecule has 142 valence electrons. The minimum Gasteiger partial charge on any atom is -0.469 e. The molecule has 26 heavy (non-hydrogen) atoms. The molecule has 1 saturated heterocycles. The summed E-state index contributed by atoms with van der Waals surface area (Å²) in [5.74, 6) is 0.582. The number of aliphatic imine (C=N–C) groups is 1. The standard InChI is InChI=1S/C19H28N4O3/c1-4-21-17(24)16-7-5-6-14(12-16)13-22-19(20-2)23-10-8-15(9-11-23)18(25)26-3/h5-7,12,15H,4,8-11,13H2,1-3H3,(H,20,22)(H,21,24). The van der Waals surface area contributed by atoms with Crippen molar-refractivity contribution in [2.45, 2.75) is 26.3 Å². The summed E-state index contributed by atoms with van der Waals surface area (Å²) in [6.07, 6.45) is 1.53. The first-order valence-corrected chi connectivity index (χ1v) is 8.99. The van der Waals surface area contributed by atoms with Gasteiger partial charge in [-0.2, -0.15) is 0 Å². The van der Waals surface area contributed by atoms with Crippen LogP contribution in [-0.2, 0) is 16.1 Å². The third kappa shape index (κ3) is 5.21. The Kier molecular flexibility index (Phi) is 7.44. The lowest BCUT2D eigenvalue weighted by molar-refractivity contribution is -0.146. The number of carbonyl (C=O) groups is 2. The van der Waals surface area contributed by atoms with Crippen molar-refractivity contribution in [2.75, 3.05) is 33.8 Å². The molecule has 1 aromatic rings. The van der Waals surface area contributed by atoms with Gasteiger partial charge in [0, 0.05) is 38.8 Å². The van der Waals surface area contributed by atoms with E-state index in [9.17, 15) is 9.59 Å². The number of benzene rings is 1. The number of nitrogens with one attached hydrogen (secondary N) is 2. The summed E-state index contributed by atoms with van der Waals surface area (Å²) in [6, 6.07) is 7.55. The molecule has 1 aromatic carbocycles. The first-order valence-electron chi connectivity index (χ1n) is 8.99. The zero-order chi connectivity index (χ0) is 18.9. The van der Waals surface area contributed by atoms with Gasteiger partial charge in [-0.15, -0.1) is 0 Å². The SMILES string of the molecule is CCNC(=O)c1cccc(CNC(=NC)N2CCC(C(=O)OC)CC2)c1. The Morgan fingerprint density at radius 3 is 2.62 bits per heavy atom. The highest BCUT2D eigenvalue weighted by atomic mass is 16.5. The van der Waals surface area contributed by atoms with E-state index >= 15 is 0 Å². The Labute approximate surface area is 154 Å². The van der Waals surface area contributed by atoms with Gasteiger partial charge in [-0.25, -0.2) is 0 Å². The first kappa shape index (κ1) is 19.8. The second-order valence-electron chi connectivity index (χ2n) is 6.25. The van der Waals surface area contributed by atoms with E-state index < -0.39 is 0 Å². The van der Waals surface area contributed by atoms with Gasteiger partial charge in [-0.3, -0.25) is 14.6 Å². The topological polar surface area (TPSA) is 83.0 Å². The highest BCUT2D eigenvalue weighted by molar-refractivity contribution is 5.94. The van der Waals surface area contributed by atoms with Crippen LogP contribution >= 0.6 is 0 Å². The zero-order valence-electron chi connectivity index (χ0n) is 15.7. The van der Waals surface area contributed by atoms with E-state index in [1.54, 1.807) is 13.1 Å². The molecule has 0 unspecified atom stereocenters. The summed E-state index contributed by atoms with van der Waals surface area (Å²) in [5, 5.41) is 6.15. The lowest BCUT2D eigenvalue weighted by Gasteiger charge is -2.33. The molecule has 1 heterocycles. The number of hydrogen-bond acceptors (Lipinski definition) is 4. The fraction of sp³-hybridized carbons (Fsp3) is 0.526. The number of likely N-dealkylation sites (tertiary alicyclic amines) is 1. The number of rotatable bonds is 5. The molecule has 1 aliphatic rings. The van der Waals surface area contributed by atoms with Crippen molar-refractivity contribution in [1.82, 2.24) is 15.5 Å². The number of methoxy groups -OCH3 is 1. The lowest BCUT2D eigenvalue weighted by Crippen LogP contribution is -2.46. The van der Waals surface area contributed by atoms with Crippen molar-refractivity contribution in [1.29, 1.82) is 0 Å². The number of esters is 1. The van der Waals surface area contributed by atoms with E-state index in [0.29, 0.717) is 18.7 Å². The highest BCUT2D eigenvalue weighted by Gasteiger charge is 2.26. The number of hydrogen-bond donors (Lipinski definition) is 2. The molecule has 0 saturated carbocycles. The Morgan fingerprint density at radius 1 is 1.27 bits per heavy atom. The van der Waals surface area contributed by atoms with Crippen molar-refractivity contribution in [3.05, 3.63) is 35.4 Å². The van der Waals surface area contributed by atoms with Crippen LogP contribution in [0, 0.1) is 5.92 Å². The van der Waals surface area contributed by atoms with E-state index in [1.165, 1.54) is 7.11 Å². The molecule has 1 amide bonds. The fourth-order valence-electron chi connectivity index (χ4n) is 3.09. The Balaban J connectivity index is 1.91. The van der Waals surface area contributed by atoms with Gasteiger partial charge in [0.05, 0.1) is 13.0 Å². The Hall–Kier alpha value is -2.57. The molecule has 0 atom stereocenters. The van der Waals surface area contributed by atoms with Crippen LogP contribution < -0.4 is 10.6 Å². The normalized spacial score (nSPS) is 15.5. The molecular weight excluding hydrogens is 332 g/mol. The number of nitrogens with zero attached hydrogens (tertiary/aromatic N) is 2. The number of piperidine rings is 1. The number of guanidine groups is 1. The molecule has 7 nitrogen and oxygen atoms in total. The van der Waals surface area contributed by atoms with Crippen LogP contribution in [0.3, 0.4) is 0 Å². The predicted octanol–water partition coefficient (Wildman–Crippen LogP) is 1.40. The van der Waals surface area contributed by atoms with Crippen LogP contribution in [0.4, 0.5) is 0 Å². The van der Waals surface area contributed by atoms with E-state index in [2.05, 4.69) is 20.5 Å². The maximum absolute atomic E-state index is 11.9. The van der Waals surface area contributed by atoms with Crippen LogP contribution in [0.25, 0.3) is 0 Å². The Bertz CT molecular complexity index is 652. The highest BCUT2D eigenvalue weighted by Crippen LogP contribution is 2.18. The van der Waals surface area contributed by atoms with Gasteiger partial charge in [0.2, 0.25) is 0 Å². The van der Waals surface area contributed by atoms with Gasteiger partial charge in [0.1, 0.15) is 0 Å². The molecule has 7 heteroatoms. The summed E-state index contributed by atoms with van der Waals surface area (Å²) in [4.78, 5) is 30.1. The monoisotopic (exact) mass is 360 g/mol. The summed E-state index contributed by atoms with van der Waals surface area (Å²) in [6.45, 7) is 4.61. The lowest BCUT2D eigenvalue weighted by atomic mass is 9.97. The van der Waals surface area contributed by atoms with Crippen LogP contribution in [0.5, 0.6) is 0 Å². The molecule has 0 spiro atoms. The van der Waals surface area contributed by atoms with Crippen LogP contribution in [-0.4, -0.2) is 56.5 Å². The zero-order valence-corrected chi connectivity index (χ0v) is 15.7. The molecule has 2 N–H and O–H groups in total. The second kappa shape index (κ2) is 9.79. The summed E-state index contributed by atoms with van der Waals surface area (Å²) in [5.41, 5.74) is 1.67. The molecule has 0 aromatic heterocycles. The third-order valence-corrected chi connectivity index (χ3v) is 4.52. The predicted molar refractivity (Wildman–Crippen MR) is 101 cm³/mol. The molecule has 2 rings (SSSR count). The van der Waals surface area contributed by atoms with Crippen molar-refractivity contribution in [2.24, 2.45) is 10.9 Å². The minimum absolute atomic E-state index is 0.0249. The van der Waals surface area contributed by atoms with Gasteiger partial charge in [0.25, 0.3) is 5.91 Å². The molecule has 1 fully saturated rings. The van der Waals surface area contributed by atoms with Crippen LogP contribution in [0.15, 0.2) is 29.3 Å². The maximum atomic E-state index is 11.9. The van der Waals surface area contributed by atoms with Crippen molar-refractivity contribution >= 4 is 17.8 Å². The summed E-state index contributed by atoms with van der Waals surface area (Å²) < 4.78 is 4.83. The smallest absolute Gasteiger partial charge is 0.308 e. The van der Waals surface area contributed by atoms with E-state index in [-0.39, 0.29) is 17.8 Å². The van der Waals surface area contributed by atoms with Crippen LogP contribution in [0.1, 0.15) is 35.7 Å². The molecule has 0 bridgehead atoms. The largest absolute Gasteiger partial charge is 0.469 e. The van der Waals surface area contributed by atoms with Crippen molar-refractivity contribution in [3.63, 3.8) is 0 Å². The number of ether oxygens (including phenoxy) is 1. The van der Waals surface area contributed by atoms with Crippen LogP contribution in [0.2, 0.25) is 0 Å². The summed E-state index contributed by atoms with van der Waals surface area (Å²) >= 11 is 0. The maximum Gasteiger partial charge on any atom is 0.308 e. The summed E-state index contributed by atoms with van der Waals surface area (Å²) in [7, 11) is 3.18. The first-order chi connectivity index (χ1) is 12.6. The minimum atomic E-state index is -0.130. The van der Waals surface area contributed by atoms with Gasteiger partial charge in [-0.1, -0.05) is 12.1 Å². The van der Waals surface area contributed by atoms with Gasteiger partial charge >= 0.3 is 5.97 Å². The number of amides is 1. The van der Waals surface area contributed by atoms with Crippen molar-refractivity contribution in [3.8, 4) is 0 Å². The van der Waals surface area contributed by atoms with E-state index in [4.69, 9.17) is 4.74 Å². The molecule has 0 radical (unpaired) electrons. The van der Waals surface area contributed by atoms with Crippen molar-refractivity contribution < 1.29 is 14.3 Å². The number of carbonyl (C=O) groups excluding carboxylic acids is 2. The van der Waals surface area contributed by atoms with Gasteiger partial charge < -0.3 is 20.3 Å². The third-order valence-electron chi connectivity index (χ3n) is 4.52. The molecule has 1 aliphatic heterocycles. The average Bonchev–Trinajstić information content (AvgIpc) is 2.68. The molecular formula is C19H28N4O3. The molecule has 0 aliphatic carbocycles. The fourth-order valence-corrected chi connectivity index (χ4v) is 3.09. The Morgan fingerprint density at radius 2 is 2.00 bits per heavy atom. The van der Waals surface area contributed by atoms with E-state index in [0.717, 1.165) is 37.5 Å². The van der Waals surface area contributed by atoms with Gasteiger partial charge in [-0.05, 0) is 37.5 Å². The van der Waals surface area contributed by atoms with E-state index in [1.807, 2.05) is 25.1 Å².